The number of hydrogen-bond acceptors (Lipinski definition) is 2. The minimum absolute atomic E-state index is 0.165. The molecule has 0 aromatic heterocycles. The minimum Gasteiger partial charge on any atom is -0.330 e. The van der Waals surface area contributed by atoms with Gasteiger partial charge < -0.3 is 5.73 Å². The summed E-state index contributed by atoms with van der Waals surface area (Å²) in [5.41, 5.74) is 6.16. The molecular weight excluding hydrogens is 296 g/mol. The van der Waals surface area contributed by atoms with E-state index in [1.807, 2.05) is 21.0 Å². The van der Waals surface area contributed by atoms with Crippen molar-refractivity contribution in [2.24, 2.45) is 5.73 Å². The fraction of sp³-hybridized carbons (Fsp3) is 0.857. The van der Waals surface area contributed by atoms with Gasteiger partial charge in [-0.1, -0.05) is 70.8 Å². The lowest BCUT2D eigenvalue weighted by atomic mass is 10.0. The second kappa shape index (κ2) is 14.7. The molecule has 0 aromatic carbocycles. The van der Waals surface area contributed by atoms with Crippen molar-refractivity contribution >= 4 is 5.91 Å². The van der Waals surface area contributed by atoms with E-state index >= 15 is 0 Å². The molecule has 0 saturated carbocycles. The van der Waals surface area contributed by atoms with Gasteiger partial charge in [0.1, 0.15) is 0 Å². The molecule has 0 rings (SSSR count). The number of carbonyl (C=O) groups excluding carboxylic acids is 1. The monoisotopic (exact) mass is 339 g/mol. The fourth-order valence-corrected chi connectivity index (χ4v) is 3.21. The first kappa shape index (κ1) is 23.3. The Hall–Kier alpha value is -0.670. The van der Waals surface area contributed by atoms with Gasteiger partial charge in [-0.05, 0) is 32.7 Å². The molecule has 0 aliphatic carbocycles. The maximum absolute atomic E-state index is 12.0. The summed E-state index contributed by atoms with van der Waals surface area (Å²) in [6.45, 7) is 7.35. The Morgan fingerprint density at radius 2 is 1.08 bits per heavy atom. The van der Waals surface area contributed by atoms with Gasteiger partial charge in [-0.2, -0.15) is 0 Å². The molecular formula is C21H43N2O+. The quantitative estimate of drug-likeness (QED) is 0.239. The van der Waals surface area contributed by atoms with Gasteiger partial charge in [-0.15, -0.1) is 0 Å². The van der Waals surface area contributed by atoms with Crippen molar-refractivity contribution in [1.82, 2.24) is 0 Å². The topological polar surface area (TPSA) is 43.1 Å². The van der Waals surface area contributed by atoms with Crippen LogP contribution in [0.4, 0.5) is 0 Å². The Morgan fingerprint density at radius 1 is 0.750 bits per heavy atom. The van der Waals surface area contributed by atoms with E-state index in [1.54, 1.807) is 0 Å². The van der Waals surface area contributed by atoms with E-state index in [-0.39, 0.29) is 5.91 Å². The summed E-state index contributed by atoms with van der Waals surface area (Å²) in [5, 5.41) is 0. The summed E-state index contributed by atoms with van der Waals surface area (Å²) < 4.78 is 0.445. The lowest BCUT2D eigenvalue weighted by Gasteiger charge is -2.26. The van der Waals surface area contributed by atoms with Crippen LogP contribution in [0.25, 0.3) is 0 Å². The normalized spacial score (nSPS) is 11.7. The summed E-state index contributed by atoms with van der Waals surface area (Å²) in [4.78, 5) is 12.0. The highest BCUT2D eigenvalue weighted by molar-refractivity contribution is 5.86. The molecule has 1 amide bonds. The first-order chi connectivity index (χ1) is 11.4. The van der Waals surface area contributed by atoms with Crippen molar-refractivity contribution in [3.63, 3.8) is 0 Å². The van der Waals surface area contributed by atoms with E-state index in [2.05, 4.69) is 6.58 Å². The Bertz CT molecular complexity index is 337. The van der Waals surface area contributed by atoms with Crippen molar-refractivity contribution in [2.75, 3.05) is 27.2 Å². The molecule has 0 aromatic rings. The molecule has 0 saturated heterocycles. The lowest BCUT2D eigenvalue weighted by Crippen LogP contribution is -2.46. The van der Waals surface area contributed by atoms with E-state index < -0.39 is 0 Å². The van der Waals surface area contributed by atoms with Crippen molar-refractivity contribution in [3.8, 4) is 0 Å². The zero-order valence-electron chi connectivity index (χ0n) is 16.7. The first-order valence-electron chi connectivity index (χ1n) is 10.2. The van der Waals surface area contributed by atoms with Crippen LogP contribution in [-0.4, -0.2) is 37.6 Å². The van der Waals surface area contributed by atoms with Crippen molar-refractivity contribution in [2.45, 2.75) is 90.4 Å². The van der Waals surface area contributed by atoms with Crippen LogP contribution in [-0.2, 0) is 4.79 Å². The largest absolute Gasteiger partial charge is 0.340 e. The van der Waals surface area contributed by atoms with E-state index in [9.17, 15) is 4.79 Å². The summed E-state index contributed by atoms with van der Waals surface area (Å²) in [5.74, 6) is 0.165. The first-order valence-corrected chi connectivity index (χ1v) is 10.2. The highest BCUT2D eigenvalue weighted by Crippen LogP contribution is 2.14. The van der Waals surface area contributed by atoms with Gasteiger partial charge in [0.2, 0.25) is 0 Å². The number of carbonyl (C=O) groups is 1. The van der Waals surface area contributed by atoms with Crippen LogP contribution in [0.2, 0.25) is 0 Å². The molecule has 0 aliphatic heterocycles. The van der Waals surface area contributed by atoms with Crippen LogP contribution in [0.3, 0.4) is 0 Å². The average Bonchev–Trinajstić information content (AvgIpc) is 2.54. The molecule has 0 bridgehead atoms. The molecule has 3 heteroatoms. The lowest BCUT2D eigenvalue weighted by molar-refractivity contribution is -0.812. The van der Waals surface area contributed by atoms with Gasteiger partial charge in [0.05, 0.1) is 20.6 Å². The molecule has 0 atom stereocenters. The Morgan fingerprint density at radius 3 is 1.42 bits per heavy atom. The molecule has 0 heterocycles. The third-order valence-corrected chi connectivity index (χ3v) is 4.84. The van der Waals surface area contributed by atoms with Crippen LogP contribution in [0.5, 0.6) is 0 Å². The third kappa shape index (κ3) is 12.7. The Labute approximate surface area is 151 Å². The molecule has 24 heavy (non-hydrogen) atoms. The number of rotatable bonds is 16. The van der Waals surface area contributed by atoms with Gasteiger partial charge in [-0.25, -0.2) is 4.79 Å². The smallest absolute Gasteiger partial charge is 0.330 e. The Kier molecular flexibility index (Phi) is 14.2. The number of amides is 1. The molecule has 2 N–H and O–H groups in total. The zero-order chi connectivity index (χ0) is 18.3. The highest BCUT2D eigenvalue weighted by atomic mass is 16.2. The number of hydrogen-bond donors (Lipinski definition) is 1. The molecule has 0 radical (unpaired) electrons. The zero-order valence-corrected chi connectivity index (χ0v) is 16.7. The van der Waals surface area contributed by atoms with Crippen LogP contribution >= 0.6 is 0 Å². The fourth-order valence-electron chi connectivity index (χ4n) is 3.21. The van der Waals surface area contributed by atoms with Crippen molar-refractivity contribution in [1.29, 1.82) is 0 Å². The molecule has 142 valence electrons. The summed E-state index contributed by atoms with van der Waals surface area (Å²) in [6.07, 6.45) is 17.2. The van der Waals surface area contributed by atoms with Gasteiger partial charge in [0, 0.05) is 5.57 Å². The predicted octanol–water partition coefficient (Wildman–Crippen LogP) is 5.20. The SMILES string of the molecule is C=C(C)C(=O)[N+](C)(C)CCCCCCCCCCCCCCCN. The summed E-state index contributed by atoms with van der Waals surface area (Å²) in [6, 6.07) is 0. The Balaban J connectivity index is 3.34. The van der Waals surface area contributed by atoms with Crippen molar-refractivity contribution < 1.29 is 9.28 Å². The van der Waals surface area contributed by atoms with Gasteiger partial charge >= 0.3 is 5.91 Å². The van der Waals surface area contributed by atoms with Gasteiger partial charge in [0.15, 0.2) is 0 Å². The van der Waals surface area contributed by atoms with E-state index in [0.717, 1.165) is 19.5 Å². The minimum atomic E-state index is 0.165. The van der Waals surface area contributed by atoms with E-state index in [4.69, 9.17) is 5.73 Å². The number of unbranched alkanes of at least 4 members (excludes halogenated alkanes) is 12. The van der Waals surface area contributed by atoms with Crippen LogP contribution < -0.4 is 5.73 Å². The number of quaternary nitrogens is 1. The summed E-state index contributed by atoms with van der Waals surface area (Å²) in [7, 11) is 3.99. The summed E-state index contributed by atoms with van der Waals surface area (Å²) >= 11 is 0. The predicted molar refractivity (Wildman–Crippen MR) is 106 cm³/mol. The molecule has 0 unspecified atom stereocenters. The van der Waals surface area contributed by atoms with Crippen LogP contribution in [0.15, 0.2) is 12.2 Å². The molecule has 0 spiro atoms. The second-order valence-corrected chi connectivity index (χ2v) is 7.88. The number of nitrogens with zero attached hydrogens (tertiary/aromatic N) is 1. The average molecular weight is 340 g/mol. The van der Waals surface area contributed by atoms with E-state index in [1.165, 1.54) is 77.0 Å². The third-order valence-electron chi connectivity index (χ3n) is 4.84. The standard InChI is InChI=1S/C21H43N2O/c1-20(2)21(24)23(3,4)19-17-15-13-11-9-7-5-6-8-10-12-14-16-18-22/h1,5-19,22H2,2-4H3/q+1. The highest BCUT2D eigenvalue weighted by Gasteiger charge is 2.25. The van der Waals surface area contributed by atoms with Crippen LogP contribution in [0.1, 0.15) is 90.4 Å². The molecule has 0 aliphatic rings. The maximum Gasteiger partial charge on any atom is 0.340 e. The molecule has 3 nitrogen and oxygen atoms in total. The number of nitrogens with two attached hydrogens (primary N) is 1. The van der Waals surface area contributed by atoms with Crippen LogP contribution in [0, 0.1) is 0 Å². The second-order valence-electron chi connectivity index (χ2n) is 7.88. The van der Waals surface area contributed by atoms with Gasteiger partial charge in [-0.3, -0.25) is 4.48 Å². The maximum atomic E-state index is 12.0. The molecule has 0 fully saturated rings. The number of likely N-dealkylation sites (N-methyl/N-ethyl adjacent to an activating group) is 1. The van der Waals surface area contributed by atoms with Crippen molar-refractivity contribution in [3.05, 3.63) is 12.2 Å². The van der Waals surface area contributed by atoms with Gasteiger partial charge in [0.25, 0.3) is 0 Å². The van der Waals surface area contributed by atoms with E-state index in [0.29, 0.717) is 10.1 Å².